The van der Waals surface area contributed by atoms with Gasteiger partial charge in [-0.1, -0.05) is 98.8 Å². The Morgan fingerprint density at radius 1 is 0.972 bits per heavy atom. The first kappa shape index (κ1) is 26.8. The van der Waals surface area contributed by atoms with Crippen molar-refractivity contribution in [3.05, 3.63) is 143 Å². The lowest BCUT2D eigenvalue weighted by Crippen LogP contribution is -2.11. The second-order valence-electron chi connectivity index (χ2n) is 9.10. The van der Waals surface area contributed by atoms with Crippen LogP contribution in [0.15, 0.2) is 114 Å². The summed E-state index contributed by atoms with van der Waals surface area (Å²) in [4.78, 5) is 5.08. The van der Waals surface area contributed by atoms with Gasteiger partial charge in [0.05, 0.1) is 11.4 Å². The number of benzene rings is 3. The Kier molecular flexibility index (Phi) is 9.53. The molecule has 1 nitrogen and oxygen atoms in total. The molecule has 0 amide bonds. The number of nitrogens with zero attached hydrogens (tertiary/aromatic N) is 1. The third-order valence-corrected chi connectivity index (χ3v) is 6.24. The highest BCUT2D eigenvalue weighted by molar-refractivity contribution is 6.04. The number of allylic oxidation sites excluding steroid dienone is 4. The highest BCUT2D eigenvalue weighted by atomic mass is 19.1. The van der Waals surface area contributed by atoms with Crippen LogP contribution in [0, 0.1) is 19.7 Å². The van der Waals surface area contributed by atoms with Gasteiger partial charge in [0.1, 0.15) is 5.82 Å². The normalized spacial score (nSPS) is 12.2. The summed E-state index contributed by atoms with van der Waals surface area (Å²) in [5.74, 6) is -0.245. The molecule has 0 spiro atoms. The molecule has 0 heterocycles. The predicted octanol–water partition coefficient (Wildman–Crippen LogP) is 9.30. The minimum Gasteiger partial charge on any atom is -0.252 e. The van der Waals surface area contributed by atoms with Crippen molar-refractivity contribution < 1.29 is 4.39 Å². The van der Waals surface area contributed by atoms with Gasteiger partial charge < -0.3 is 0 Å². The first-order valence-corrected chi connectivity index (χ1v) is 12.5. The van der Waals surface area contributed by atoms with E-state index in [1.165, 1.54) is 22.8 Å². The van der Waals surface area contributed by atoms with Crippen LogP contribution < -0.4 is 0 Å². The largest absolute Gasteiger partial charge is 0.252 e. The molecule has 0 aliphatic carbocycles. The lowest BCUT2D eigenvalue weighted by Gasteiger charge is -2.16. The Balaban J connectivity index is 2.17. The number of hydrogen-bond acceptors (Lipinski definition) is 1. The fraction of sp³-hybridized carbons (Fsp3) is 0.206. The highest BCUT2D eigenvalue weighted by Crippen LogP contribution is 2.26. The van der Waals surface area contributed by atoms with Gasteiger partial charge in [-0.2, -0.15) is 0 Å². The summed E-state index contributed by atoms with van der Waals surface area (Å²) >= 11 is 0. The molecule has 0 unspecified atom stereocenters. The fourth-order valence-electron chi connectivity index (χ4n) is 4.29. The van der Waals surface area contributed by atoms with E-state index in [-0.39, 0.29) is 5.82 Å². The van der Waals surface area contributed by atoms with Crippen LogP contribution >= 0.6 is 0 Å². The number of rotatable bonds is 10. The van der Waals surface area contributed by atoms with Crippen molar-refractivity contribution in [1.82, 2.24) is 0 Å². The summed E-state index contributed by atoms with van der Waals surface area (Å²) in [5.41, 5.74) is 10.3. The Morgan fingerprint density at radius 2 is 1.75 bits per heavy atom. The minimum absolute atomic E-state index is 0.245. The van der Waals surface area contributed by atoms with Crippen molar-refractivity contribution in [1.29, 1.82) is 0 Å². The van der Waals surface area contributed by atoms with Gasteiger partial charge in [0.15, 0.2) is 0 Å². The van der Waals surface area contributed by atoms with Crippen LogP contribution in [0.2, 0.25) is 0 Å². The molecule has 0 aromatic heterocycles. The van der Waals surface area contributed by atoms with E-state index in [9.17, 15) is 4.39 Å². The standard InChI is InChI=1S/C34H36FN/c1-7-10-13-27(9-3)26(6)36-34(23-31-18-16-24(4)20-28(31)12-8-2)33-22-30(19-17-25(33)5)29-14-11-15-32(35)21-29/h7,9-11,13-22H,3,6,8,12,23H2,1-2,4-5H3/b10-7-,27-13+,36-34?. The third-order valence-electron chi connectivity index (χ3n) is 6.24. The molecule has 0 saturated heterocycles. The van der Waals surface area contributed by atoms with Gasteiger partial charge in [-0.15, -0.1) is 0 Å². The van der Waals surface area contributed by atoms with E-state index >= 15 is 0 Å². The van der Waals surface area contributed by atoms with E-state index < -0.39 is 0 Å². The topological polar surface area (TPSA) is 12.4 Å². The Bertz CT molecular complexity index is 1340. The van der Waals surface area contributed by atoms with Gasteiger partial charge in [0.25, 0.3) is 0 Å². The summed E-state index contributed by atoms with van der Waals surface area (Å²) in [6.45, 7) is 16.6. The average molecular weight is 478 g/mol. The molecular weight excluding hydrogens is 441 g/mol. The lowest BCUT2D eigenvalue weighted by atomic mass is 9.91. The zero-order valence-electron chi connectivity index (χ0n) is 21.9. The van der Waals surface area contributed by atoms with Crippen LogP contribution in [0.1, 0.15) is 48.1 Å². The van der Waals surface area contributed by atoms with E-state index in [1.807, 2.05) is 37.3 Å². The molecule has 0 radical (unpaired) electrons. The molecule has 3 aromatic rings. The van der Waals surface area contributed by atoms with E-state index in [1.54, 1.807) is 18.2 Å². The van der Waals surface area contributed by atoms with Crippen LogP contribution in [0.25, 0.3) is 11.1 Å². The van der Waals surface area contributed by atoms with Crippen LogP contribution in [0.4, 0.5) is 4.39 Å². The van der Waals surface area contributed by atoms with Gasteiger partial charge in [0, 0.05) is 6.42 Å². The van der Waals surface area contributed by atoms with Gasteiger partial charge in [-0.05, 0) is 84.3 Å². The van der Waals surface area contributed by atoms with Gasteiger partial charge >= 0.3 is 0 Å². The van der Waals surface area contributed by atoms with Gasteiger partial charge in [-0.25, -0.2) is 4.39 Å². The molecule has 0 saturated carbocycles. The second kappa shape index (κ2) is 12.8. The quantitative estimate of drug-likeness (QED) is 0.204. The van der Waals surface area contributed by atoms with Crippen LogP contribution in [0.3, 0.4) is 0 Å². The van der Waals surface area contributed by atoms with Crippen LogP contribution in [0.5, 0.6) is 0 Å². The van der Waals surface area contributed by atoms with E-state index in [2.05, 4.69) is 64.3 Å². The molecule has 0 bridgehead atoms. The van der Waals surface area contributed by atoms with Crippen molar-refractivity contribution in [3.8, 4) is 11.1 Å². The molecule has 0 aliphatic rings. The number of hydrogen-bond donors (Lipinski definition) is 0. The zero-order chi connectivity index (χ0) is 26.1. The second-order valence-corrected chi connectivity index (χ2v) is 9.10. The maximum Gasteiger partial charge on any atom is 0.123 e. The third kappa shape index (κ3) is 6.88. The average Bonchev–Trinajstić information content (AvgIpc) is 2.86. The van der Waals surface area contributed by atoms with E-state index in [4.69, 9.17) is 4.99 Å². The molecule has 0 atom stereocenters. The maximum absolute atomic E-state index is 14.0. The SMILES string of the molecule is C=C/C(=C\C=C/C)C(=C)N=C(Cc1ccc(C)cc1CCC)c1cc(-c2cccc(F)c2)ccc1C. The van der Waals surface area contributed by atoms with Crippen LogP contribution in [-0.4, -0.2) is 5.71 Å². The minimum atomic E-state index is -0.245. The van der Waals surface area contributed by atoms with Crippen molar-refractivity contribution in [2.45, 2.75) is 47.0 Å². The Labute approximate surface area is 216 Å². The summed E-state index contributed by atoms with van der Waals surface area (Å²) in [5, 5.41) is 0. The van der Waals surface area contributed by atoms with Gasteiger partial charge in [-0.3, -0.25) is 4.99 Å². The predicted molar refractivity (Wildman–Crippen MR) is 154 cm³/mol. The fourth-order valence-corrected chi connectivity index (χ4v) is 4.29. The number of halogens is 1. The number of aryl methyl sites for hydroxylation is 3. The van der Waals surface area contributed by atoms with Crippen molar-refractivity contribution in [3.63, 3.8) is 0 Å². The molecule has 3 aromatic carbocycles. The first-order valence-electron chi connectivity index (χ1n) is 12.5. The van der Waals surface area contributed by atoms with Gasteiger partial charge in [0.2, 0.25) is 0 Å². The maximum atomic E-state index is 14.0. The molecule has 2 heteroatoms. The summed E-state index contributed by atoms with van der Waals surface area (Å²) in [6.07, 6.45) is 10.5. The summed E-state index contributed by atoms with van der Waals surface area (Å²) < 4.78 is 14.0. The monoisotopic (exact) mass is 477 g/mol. The van der Waals surface area contributed by atoms with Crippen molar-refractivity contribution >= 4 is 5.71 Å². The molecule has 36 heavy (non-hydrogen) atoms. The Hall–Kier alpha value is -3.78. The molecule has 0 aliphatic heterocycles. The van der Waals surface area contributed by atoms with Crippen molar-refractivity contribution in [2.24, 2.45) is 4.99 Å². The van der Waals surface area contributed by atoms with E-state index in [0.717, 1.165) is 46.4 Å². The summed E-state index contributed by atoms with van der Waals surface area (Å²) in [7, 11) is 0. The molecule has 3 rings (SSSR count). The molecule has 0 fully saturated rings. The smallest absolute Gasteiger partial charge is 0.123 e. The Morgan fingerprint density at radius 3 is 2.44 bits per heavy atom. The van der Waals surface area contributed by atoms with Crippen LogP contribution in [-0.2, 0) is 12.8 Å². The molecule has 0 N–H and O–H groups in total. The molecular formula is C34H36FN. The molecule has 184 valence electrons. The van der Waals surface area contributed by atoms with Crippen molar-refractivity contribution in [2.75, 3.05) is 0 Å². The zero-order valence-corrected chi connectivity index (χ0v) is 21.9. The lowest BCUT2D eigenvalue weighted by molar-refractivity contribution is 0.628. The number of aliphatic imine (C=N–C) groups is 1. The highest BCUT2D eigenvalue weighted by Gasteiger charge is 2.14. The first-order chi connectivity index (χ1) is 17.4. The summed E-state index contributed by atoms with van der Waals surface area (Å²) in [6, 6.07) is 19.6. The van der Waals surface area contributed by atoms with E-state index in [0.29, 0.717) is 12.1 Å².